The number of benzene rings is 1. The fourth-order valence-corrected chi connectivity index (χ4v) is 1.87. The van der Waals surface area contributed by atoms with E-state index in [9.17, 15) is 4.79 Å². The molecule has 1 aliphatic heterocycles. The third-order valence-electron chi connectivity index (χ3n) is 2.99. The van der Waals surface area contributed by atoms with Crippen LogP contribution in [0.25, 0.3) is 0 Å². The predicted molar refractivity (Wildman–Crippen MR) is 69.0 cm³/mol. The summed E-state index contributed by atoms with van der Waals surface area (Å²) in [5.41, 5.74) is 0.829. The molecule has 1 unspecified atom stereocenters. The summed E-state index contributed by atoms with van der Waals surface area (Å²) in [6.45, 7) is 1.95. The van der Waals surface area contributed by atoms with Crippen molar-refractivity contribution in [1.29, 1.82) is 0 Å². The van der Waals surface area contributed by atoms with E-state index in [0.717, 1.165) is 18.0 Å². The van der Waals surface area contributed by atoms with Gasteiger partial charge in [0, 0.05) is 25.8 Å². The molecular weight excluding hydrogens is 232 g/mol. The second-order valence-electron chi connectivity index (χ2n) is 4.16. The van der Waals surface area contributed by atoms with Gasteiger partial charge in [-0.25, -0.2) is 0 Å². The maximum Gasteiger partial charge on any atom is 0.257 e. The molecular formula is C13H18N2O3. The van der Waals surface area contributed by atoms with Gasteiger partial charge in [0.05, 0.1) is 13.7 Å². The van der Waals surface area contributed by atoms with Crippen molar-refractivity contribution in [3.05, 3.63) is 24.3 Å². The SMILES string of the molecule is COc1ccc(N(C)C(=O)C2CNCCO2)cc1. The minimum atomic E-state index is -0.397. The van der Waals surface area contributed by atoms with Crippen LogP contribution in [0.15, 0.2) is 24.3 Å². The van der Waals surface area contributed by atoms with Gasteiger partial charge in [0.25, 0.3) is 5.91 Å². The molecule has 5 nitrogen and oxygen atoms in total. The van der Waals surface area contributed by atoms with Crippen molar-refractivity contribution in [2.24, 2.45) is 0 Å². The Balaban J connectivity index is 2.04. The number of rotatable bonds is 3. The molecule has 1 aliphatic rings. The summed E-state index contributed by atoms with van der Waals surface area (Å²) >= 11 is 0. The Bertz CT molecular complexity index is 399. The van der Waals surface area contributed by atoms with Crippen molar-refractivity contribution in [2.45, 2.75) is 6.10 Å². The molecule has 1 amide bonds. The molecule has 2 rings (SSSR count). The van der Waals surface area contributed by atoms with Crippen LogP contribution in [-0.4, -0.2) is 45.9 Å². The predicted octanol–water partition coefficient (Wildman–Crippen LogP) is 0.646. The van der Waals surface area contributed by atoms with Crippen molar-refractivity contribution in [2.75, 3.05) is 38.8 Å². The normalized spacial score (nSPS) is 19.3. The Kier molecular flexibility index (Phi) is 4.17. The summed E-state index contributed by atoms with van der Waals surface area (Å²) in [7, 11) is 3.37. The molecule has 1 fully saturated rings. The zero-order valence-electron chi connectivity index (χ0n) is 10.7. The summed E-state index contributed by atoms with van der Waals surface area (Å²) in [5.74, 6) is 0.738. The topological polar surface area (TPSA) is 50.8 Å². The lowest BCUT2D eigenvalue weighted by atomic mass is 10.2. The van der Waals surface area contributed by atoms with E-state index in [1.807, 2.05) is 24.3 Å². The number of likely N-dealkylation sites (N-methyl/N-ethyl adjacent to an activating group) is 1. The van der Waals surface area contributed by atoms with Gasteiger partial charge in [-0.1, -0.05) is 0 Å². The summed E-state index contributed by atoms with van der Waals surface area (Å²) < 4.78 is 10.5. The molecule has 1 atom stereocenters. The highest BCUT2D eigenvalue weighted by Crippen LogP contribution is 2.19. The Hall–Kier alpha value is -1.59. The van der Waals surface area contributed by atoms with Gasteiger partial charge < -0.3 is 19.7 Å². The largest absolute Gasteiger partial charge is 0.497 e. The molecule has 0 bridgehead atoms. The van der Waals surface area contributed by atoms with Gasteiger partial charge in [-0.15, -0.1) is 0 Å². The van der Waals surface area contributed by atoms with Gasteiger partial charge in [0.15, 0.2) is 0 Å². The minimum absolute atomic E-state index is 0.0348. The summed E-state index contributed by atoms with van der Waals surface area (Å²) in [6, 6.07) is 7.37. The third kappa shape index (κ3) is 2.80. The number of carbonyl (C=O) groups excluding carboxylic acids is 1. The molecule has 0 radical (unpaired) electrons. The number of hydrogen-bond acceptors (Lipinski definition) is 4. The molecule has 1 heterocycles. The lowest BCUT2D eigenvalue weighted by molar-refractivity contribution is -0.131. The molecule has 98 valence electrons. The number of amides is 1. The van der Waals surface area contributed by atoms with Crippen LogP contribution in [0.3, 0.4) is 0 Å². The first-order chi connectivity index (χ1) is 8.72. The number of methoxy groups -OCH3 is 1. The maximum atomic E-state index is 12.2. The smallest absolute Gasteiger partial charge is 0.257 e. The van der Waals surface area contributed by atoms with Crippen molar-refractivity contribution < 1.29 is 14.3 Å². The maximum absolute atomic E-state index is 12.2. The van der Waals surface area contributed by atoms with Gasteiger partial charge >= 0.3 is 0 Å². The van der Waals surface area contributed by atoms with Crippen molar-refractivity contribution in [3.8, 4) is 5.75 Å². The fourth-order valence-electron chi connectivity index (χ4n) is 1.87. The fraction of sp³-hybridized carbons (Fsp3) is 0.462. The van der Waals surface area contributed by atoms with Gasteiger partial charge in [-0.05, 0) is 24.3 Å². The number of morpholine rings is 1. The average Bonchev–Trinajstić information content (AvgIpc) is 2.47. The molecule has 1 aromatic carbocycles. The van der Waals surface area contributed by atoms with Gasteiger partial charge in [-0.2, -0.15) is 0 Å². The molecule has 0 aromatic heterocycles. The Morgan fingerprint density at radius 2 is 2.17 bits per heavy atom. The van der Waals surface area contributed by atoms with E-state index < -0.39 is 6.10 Å². The summed E-state index contributed by atoms with van der Waals surface area (Å²) in [6.07, 6.45) is -0.397. The highest BCUT2D eigenvalue weighted by Gasteiger charge is 2.25. The van der Waals surface area contributed by atoms with Gasteiger partial charge in [0.1, 0.15) is 11.9 Å². The Morgan fingerprint density at radius 1 is 1.44 bits per heavy atom. The second-order valence-corrected chi connectivity index (χ2v) is 4.16. The highest BCUT2D eigenvalue weighted by atomic mass is 16.5. The first-order valence-electron chi connectivity index (χ1n) is 5.96. The quantitative estimate of drug-likeness (QED) is 0.855. The molecule has 0 spiro atoms. The number of hydrogen-bond donors (Lipinski definition) is 1. The van der Waals surface area contributed by atoms with Crippen molar-refractivity contribution in [1.82, 2.24) is 5.32 Å². The number of nitrogens with one attached hydrogen (secondary N) is 1. The third-order valence-corrected chi connectivity index (χ3v) is 2.99. The van der Waals surface area contributed by atoms with Crippen LogP contribution in [0.2, 0.25) is 0 Å². The van der Waals surface area contributed by atoms with Crippen molar-refractivity contribution in [3.63, 3.8) is 0 Å². The first kappa shape index (κ1) is 12.9. The highest BCUT2D eigenvalue weighted by molar-refractivity contribution is 5.96. The van der Waals surface area contributed by atoms with Gasteiger partial charge in [-0.3, -0.25) is 4.79 Å². The monoisotopic (exact) mass is 250 g/mol. The van der Waals surface area contributed by atoms with E-state index in [2.05, 4.69) is 5.32 Å². The summed E-state index contributed by atoms with van der Waals surface area (Å²) in [4.78, 5) is 13.8. The van der Waals surface area contributed by atoms with Crippen LogP contribution >= 0.6 is 0 Å². The van der Waals surface area contributed by atoms with E-state index in [1.165, 1.54) is 0 Å². The van der Waals surface area contributed by atoms with Crippen molar-refractivity contribution >= 4 is 11.6 Å². The van der Waals surface area contributed by atoms with Crippen LogP contribution in [0.5, 0.6) is 5.75 Å². The average molecular weight is 250 g/mol. The zero-order chi connectivity index (χ0) is 13.0. The lowest BCUT2D eigenvalue weighted by Crippen LogP contribution is -2.48. The zero-order valence-corrected chi connectivity index (χ0v) is 10.7. The van der Waals surface area contributed by atoms with Gasteiger partial charge in [0.2, 0.25) is 0 Å². The van der Waals surface area contributed by atoms with Crippen LogP contribution < -0.4 is 15.0 Å². The minimum Gasteiger partial charge on any atom is -0.497 e. The van der Waals surface area contributed by atoms with Crippen LogP contribution in [0.4, 0.5) is 5.69 Å². The molecule has 0 aliphatic carbocycles. The van der Waals surface area contributed by atoms with Crippen LogP contribution in [-0.2, 0) is 9.53 Å². The Labute approximate surface area is 107 Å². The van der Waals surface area contributed by atoms with E-state index in [4.69, 9.17) is 9.47 Å². The first-order valence-corrected chi connectivity index (χ1v) is 5.96. The van der Waals surface area contributed by atoms with Crippen LogP contribution in [0.1, 0.15) is 0 Å². The lowest BCUT2D eigenvalue weighted by Gasteiger charge is -2.27. The van der Waals surface area contributed by atoms with E-state index >= 15 is 0 Å². The molecule has 0 saturated carbocycles. The molecule has 1 saturated heterocycles. The van der Waals surface area contributed by atoms with E-state index in [1.54, 1.807) is 19.1 Å². The molecule has 1 aromatic rings. The number of carbonyl (C=O) groups is 1. The summed E-state index contributed by atoms with van der Waals surface area (Å²) in [5, 5.41) is 3.15. The number of anilines is 1. The number of nitrogens with zero attached hydrogens (tertiary/aromatic N) is 1. The second kappa shape index (κ2) is 5.84. The van der Waals surface area contributed by atoms with Crippen LogP contribution in [0, 0.1) is 0 Å². The molecule has 18 heavy (non-hydrogen) atoms. The standard InChI is InChI=1S/C13H18N2O3/c1-15(10-3-5-11(17-2)6-4-10)13(16)12-9-14-7-8-18-12/h3-6,12,14H,7-9H2,1-2H3. The Morgan fingerprint density at radius 3 is 2.72 bits per heavy atom. The van der Waals surface area contributed by atoms with E-state index in [-0.39, 0.29) is 5.91 Å². The number of ether oxygens (including phenoxy) is 2. The van der Waals surface area contributed by atoms with E-state index in [0.29, 0.717) is 13.2 Å². The molecule has 1 N–H and O–H groups in total. The molecule has 5 heteroatoms.